The number of halogens is 5. The number of carbonyl (C=O) groups is 1. The molecule has 0 unspecified atom stereocenters. The second kappa shape index (κ2) is 7.44. The van der Waals surface area contributed by atoms with Gasteiger partial charge in [0, 0.05) is 19.4 Å². The molecule has 0 aliphatic carbocycles. The Labute approximate surface area is 184 Å². The van der Waals surface area contributed by atoms with Crippen LogP contribution in [0.1, 0.15) is 30.7 Å². The predicted octanol–water partition coefficient (Wildman–Crippen LogP) is 5.08. The van der Waals surface area contributed by atoms with Crippen LogP contribution in [0.5, 0.6) is 0 Å². The maximum atomic E-state index is 14.8. The number of rotatable bonds is 3. The first-order chi connectivity index (χ1) is 14.9. The number of aryl methyl sites for hydroxylation is 1. The zero-order chi connectivity index (χ0) is 23.4. The Morgan fingerprint density at radius 1 is 1.22 bits per heavy atom. The number of carbonyl (C=O) groups excluding carboxylic acids is 1. The monoisotopic (exact) mass is 469 g/mol. The molecule has 4 rings (SSSR count). The number of anilines is 1. The molecule has 0 saturated heterocycles. The minimum absolute atomic E-state index is 0.0731. The lowest BCUT2D eigenvalue weighted by Gasteiger charge is -2.37. The molecule has 1 amide bonds. The van der Waals surface area contributed by atoms with E-state index in [9.17, 15) is 22.4 Å². The molecule has 0 spiro atoms. The van der Waals surface area contributed by atoms with Crippen LogP contribution in [0.15, 0.2) is 30.6 Å². The van der Waals surface area contributed by atoms with Crippen LogP contribution in [0.4, 0.5) is 28.2 Å². The fourth-order valence-electron chi connectivity index (χ4n) is 3.41. The van der Waals surface area contributed by atoms with E-state index in [1.165, 1.54) is 30.3 Å². The lowest BCUT2D eigenvalue weighted by atomic mass is 9.98. The van der Waals surface area contributed by atoms with Crippen molar-refractivity contribution in [3.8, 4) is 11.4 Å². The largest absolute Gasteiger partial charge is 0.438 e. The van der Waals surface area contributed by atoms with Crippen LogP contribution in [-0.2, 0) is 30.1 Å². The molecule has 1 aliphatic rings. The maximum Gasteiger partial charge on any atom is 0.434 e. The summed E-state index contributed by atoms with van der Waals surface area (Å²) in [5, 5.41) is -0.0731. The smallest absolute Gasteiger partial charge is 0.434 e. The number of fused-ring (bicyclic) bond motifs is 1. The van der Waals surface area contributed by atoms with Crippen LogP contribution < -0.4 is 4.90 Å². The lowest BCUT2D eigenvalue weighted by Crippen LogP contribution is -2.43. The number of hydrogen-bond acceptors (Lipinski definition) is 5. The van der Waals surface area contributed by atoms with Gasteiger partial charge in [-0.05, 0) is 43.1 Å². The van der Waals surface area contributed by atoms with Gasteiger partial charge in [-0.2, -0.15) is 18.2 Å². The Bertz CT molecular complexity index is 1230. The van der Waals surface area contributed by atoms with Gasteiger partial charge in [0.25, 0.3) is 0 Å². The number of nitrogens with zero attached hydrogens (tertiary/aromatic N) is 5. The van der Waals surface area contributed by atoms with Gasteiger partial charge in [-0.1, -0.05) is 6.07 Å². The molecule has 168 valence electrons. The zero-order valence-corrected chi connectivity index (χ0v) is 17.8. The summed E-state index contributed by atoms with van der Waals surface area (Å²) in [6.45, 7) is 3.24. The predicted molar refractivity (Wildman–Crippen MR) is 106 cm³/mol. The Morgan fingerprint density at radius 3 is 2.56 bits per heavy atom. The van der Waals surface area contributed by atoms with E-state index in [0.717, 1.165) is 16.8 Å². The van der Waals surface area contributed by atoms with Gasteiger partial charge in [-0.15, -0.1) is 0 Å². The highest BCUT2D eigenvalue weighted by atomic mass is 35.5. The molecule has 0 saturated carbocycles. The molecule has 32 heavy (non-hydrogen) atoms. The topological polar surface area (TPSA) is 73.1 Å². The molecule has 0 bridgehead atoms. The van der Waals surface area contributed by atoms with Crippen LogP contribution in [-0.4, -0.2) is 25.6 Å². The van der Waals surface area contributed by atoms with Crippen molar-refractivity contribution in [1.29, 1.82) is 0 Å². The number of aromatic nitrogens is 4. The van der Waals surface area contributed by atoms with Gasteiger partial charge in [0.1, 0.15) is 17.2 Å². The van der Waals surface area contributed by atoms with Crippen molar-refractivity contribution < 1.29 is 27.1 Å². The highest BCUT2D eigenvalue weighted by Crippen LogP contribution is 2.38. The fourth-order valence-corrected chi connectivity index (χ4v) is 3.54. The van der Waals surface area contributed by atoms with E-state index in [-0.39, 0.29) is 29.0 Å². The van der Waals surface area contributed by atoms with Crippen LogP contribution in [0, 0.1) is 5.82 Å². The molecular weight excluding hydrogens is 454 g/mol. The molecule has 0 radical (unpaired) electrons. The van der Waals surface area contributed by atoms with Gasteiger partial charge in [-0.25, -0.2) is 19.2 Å². The number of alkyl halides is 3. The average molecular weight is 470 g/mol. The van der Waals surface area contributed by atoms with Crippen LogP contribution in [0.2, 0.25) is 5.28 Å². The molecule has 0 atom stereocenters. The first-order valence-electron chi connectivity index (χ1n) is 9.29. The summed E-state index contributed by atoms with van der Waals surface area (Å²) in [5.74, 6) is -0.739. The fraction of sp³-hybridized carbons (Fsp3) is 0.300. The summed E-state index contributed by atoms with van der Waals surface area (Å²) in [6.07, 6.45) is -3.12. The Kier molecular flexibility index (Phi) is 5.11. The van der Waals surface area contributed by atoms with Crippen LogP contribution >= 0.6 is 11.6 Å². The number of imidazole rings is 1. The van der Waals surface area contributed by atoms with Crippen molar-refractivity contribution in [2.45, 2.75) is 32.2 Å². The van der Waals surface area contributed by atoms with E-state index in [1.807, 2.05) is 0 Å². The molecule has 0 fully saturated rings. The Morgan fingerprint density at radius 2 is 1.94 bits per heavy atom. The van der Waals surface area contributed by atoms with Crippen molar-refractivity contribution >= 4 is 23.5 Å². The second-order valence-corrected chi connectivity index (χ2v) is 8.05. The van der Waals surface area contributed by atoms with Crippen molar-refractivity contribution in [2.75, 3.05) is 4.90 Å². The summed E-state index contributed by atoms with van der Waals surface area (Å²) in [7, 11) is 1.34. The van der Waals surface area contributed by atoms with Gasteiger partial charge in [0.05, 0.1) is 17.7 Å². The van der Waals surface area contributed by atoms with Crippen molar-refractivity contribution in [3.05, 3.63) is 58.5 Å². The highest BCUT2D eigenvalue weighted by molar-refractivity contribution is 6.28. The zero-order valence-electron chi connectivity index (χ0n) is 17.0. The Hall–Kier alpha value is -3.21. The molecule has 0 N–H and O–H groups in total. The highest BCUT2D eigenvalue weighted by Gasteiger charge is 2.40. The summed E-state index contributed by atoms with van der Waals surface area (Å²) in [4.78, 5) is 25.3. The summed E-state index contributed by atoms with van der Waals surface area (Å²) >= 11 is 5.90. The third kappa shape index (κ3) is 3.88. The minimum atomic E-state index is -4.65. The standard InChI is InChI=1S/C20H16ClF4N5O2/c1-19(2)12-7-26-17(21)28-16(12)30(18(31)32-19)8-10-4-5-11(13(22)6-10)15-27-14(9-29(15)3)20(23,24)25/h4-7,9H,8H2,1-3H3. The van der Waals surface area contributed by atoms with Gasteiger partial charge >= 0.3 is 12.3 Å². The normalized spacial score (nSPS) is 15.5. The second-order valence-electron chi connectivity index (χ2n) is 7.71. The number of amides is 1. The minimum Gasteiger partial charge on any atom is -0.438 e. The van der Waals surface area contributed by atoms with E-state index >= 15 is 0 Å². The maximum absolute atomic E-state index is 14.8. The first-order valence-corrected chi connectivity index (χ1v) is 9.67. The van der Waals surface area contributed by atoms with Crippen LogP contribution in [0.25, 0.3) is 11.4 Å². The van der Waals surface area contributed by atoms with Gasteiger partial charge < -0.3 is 9.30 Å². The summed E-state index contributed by atoms with van der Waals surface area (Å²) in [5.41, 5.74) is -1.35. The third-order valence-corrected chi connectivity index (χ3v) is 5.17. The van der Waals surface area contributed by atoms with E-state index in [4.69, 9.17) is 16.3 Å². The molecule has 3 heterocycles. The molecular formula is C20H16ClF4N5O2. The quantitative estimate of drug-likeness (QED) is 0.395. The first kappa shape index (κ1) is 22.0. The molecule has 7 nitrogen and oxygen atoms in total. The summed E-state index contributed by atoms with van der Waals surface area (Å²) in [6, 6.07) is 3.91. The van der Waals surface area contributed by atoms with Gasteiger partial charge in [0.2, 0.25) is 5.28 Å². The van der Waals surface area contributed by atoms with E-state index in [1.54, 1.807) is 13.8 Å². The molecule has 12 heteroatoms. The number of benzene rings is 1. The van der Waals surface area contributed by atoms with E-state index in [2.05, 4.69) is 15.0 Å². The number of ether oxygens (including phenoxy) is 1. The van der Waals surface area contributed by atoms with E-state index in [0.29, 0.717) is 11.1 Å². The van der Waals surface area contributed by atoms with Crippen LogP contribution in [0.3, 0.4) is 0 Å². The molecule has 1 aromatic carbocycles. The van der Waals surface area contributed by atoms with Gasteiger partial charge in [0.15, 0.2) is 11.5 Å². The van der Waals surface area contributed by atoms with Gasteiger partial charge in [-0.3, -0.25) is 4.90 Å². The van der Waals surface area contributed by atoms with Crippen molar-refractivity contribution in [1.82, 2.24) is 19.5 Å². The molecule has 3 aromatic rings. The SMILES string of the molecule is Cn1cc(C(F)(F)F)nc1-c1ccc(CN2C(=O)OC(C)(C)c3cnc(Cl)nc32)cc1F. The molecule has 1 aliphatic heterocycles. The Balaban J connectivity index is 1.67. The van der Waals surface area contributed by atoms with Crippen molar-refractivity contribution in [3.63, 3.8) is 0 Å². The van der Waals surface area contributed by atoms with Crippen molar-refractivity contribution in [2.24, 2.45) is 7.05 Å². The number of hydrogen-bond donors (Lipinski definition) is 0. The lowest BCUT2D eigenvalue weighted by molar-refractivity contribution is -0.140. The summed E-state index contributed by atoms with van der Waals surface area (Å²) < 4.78 is 60.2. The van der Waals surface area contributed by atoms with E-state index < -0.39 is 29.4 Å². The molecule has 2 aromatic heterocycles. The average Bonchev–Trinajstić information content (AvgIpc) is 3.06. The third-order valence-electron chi connectivity index (χ3n) is 4.99. The number of cyclic esters (lactones) is 1.